The van der Waals surface area contributed by atoms with E-state index in [4.69, 9.17) is 13.9 Å². The summed E-state index contributed by atoms with van der Waals surface area (Å²) in [6, 6.07) is 7.94. The van der Waals surface area contributed by atoms with E-state index in [1.165, 1.54) is 6.26 Å². The Bertz CT molecular complexity index is 1240. The Morgan fingerprint density at radius 1 is 1.13 bits per heavy atom. The molecule has 1 atom stereocenters. The number of anilines is 2. The molecule has 0 bridgehead atoms. The third-order valence-corrected chi connectivity index (χ3v) is 6.75. The lowest BCUT2D eigenvalue weighted by atomic mass is 10.1. The topological polar surface area (TPSA) is 132 Å². The van der Waals surface area contributed by atoms with Crippen molar-refractivity contribution >= 4 is 23.5 Å². The van der Waals surface area contributed by atoms with Crippen LogP contribution >= 0.6 is 0 Å². The first kappa shape index (κ1) is 25.7. The fourth-order valence-corrected chi connectivity index (χ4v) is 4.58. The Balaban J connectivity index is 1.20. The lowest BCUT2D eigenvalue weighted by molar-refractivity contribution is 0.0858. The van der Waals surface area contributed by atoms with Crippen molar-refractivity contribution in [3.63, 3.8) is 0 Å². The van der Waals surface area contributed by atoms with Gasteiger partial charge in [-0.25, -0.2) is 9.97 Å². The van der Waals surface area contributed by atoms with E-state index < -0.39 is 5.91 Å². The van der Waals surface area contributed by atoms with Crippen molar-refractivity contribution in [2.24, 2.45) is 0 Å². The summed E-state index contributed by atoms with van der Waals surface area (Å²) >= 11 is 0. The highest BCUT2D eigenvalue weighted by molar-refractivity contribution is 6.08. The molecule has 0 unspecified atom stereocenters. The Morgan fingerprint density at radius 2 is 1.95 bits per heavy atom. The van der Waals surface area contributed by atoms with Crippen LogP contribution in [0.25, 0.3) is 0 Å². The Kier molecular flexibility index (Phi) is 8.12. The third-order valence-electron chi connectivity index (χ3n) is 6.75. The zero-order valence-corrected chi connectivity index (χ0v) is 21.4. The van der Waals surface area contributed by atoms with Gasteiger partial charge in [-0.3, -0.25) is 9.59 Å². The van der Waals surface area contributed by atoms with Crippen LogP contribution in [0.3, 0.4) is 0 Å². The second kappa shape index (κ2) is 12.0. The van der Waals surface area contributed by atoms with Crippen LogP contribution in [0.5, 0.6) is 6.01 Å². The molecular weight excluding hydrogens is 488 g/mol. The van der Waals surface area contributed by atoms with Gasteiger partial charge in [0.15, 0.2) is 5.69 Å². The van der Waals surface area contributed by atoms with Crippen molar-refractivity contribution in [2.75, 3.05) is 36.5 Å². The summed E-state index contributed by atoms with van der Waals surface area (Å²) in [5.41, 5.74) is 1.97. The number of nitrogens with one attached hydrogen (secondary N) is 2. The lowest BCUT2D eigenvalue weighted by Gasteiger charge is -2.30. The van der Waals surface area contributed by atoms with E-state index in [0.29, 0.717) is 42.9 Å². The molecule has 2 N–H and O–H groups in total. The zero-order valence-electron chi connectivity index (χ0n) is 21.4. The molecule has 2 fully saturated rings. The molecule has 2 aliphatic rings. The van der Waals surface area contributed by atoms with E-state index in [1.54, 1.807) is 24.5 Å². The molecule has 0 spiro atoms. The van der Waals surface area contributed by atoms with Gasteiger partial charge in [-0.1, -0.05) is 13.0 Å². The lowest BCUT2D eigenvalue weighted by Crippen LogP contribution is -2.38. The quantitative estimate of drug-likeness (QED) is 0.436. The summed E-state index contributed by atoms with van der Waals surface area (Å²) in [7, 11) is 0. The van der Waals surface area contributed by atoms with E-state index in [2.05, 4.69) is 25.6 Å². The average Bonchev–Trinajstić information content (AvgIpc) is 3.66. The van der Waals surface area contributed by atoms with Gasteiger partial charge < -0.3 is 29.4 Å². The minimum atomic E-state index is -0.444. The predicted molar refractivity (Wildman–Crippen MR) is 139 cm³/mol. The molecular formula is C27H32N6O5. The van der Waals surface area contributed by atoms with E-state index in [0.717, 1.165) is 44.3 Å². The molecule has 2 aromatic heterocycles. The van der Waals surface area contributed by atoms with Gasteiger partial charge in [0.25, 0.3) is 17.8 Å². The van der Waals surface area contributed by atoms with Crippen molar-refractivity contribution in [1.29, 1.82) is 0 Å². The molecule has 200 valence electrons. The van der Waals surface area contributed by atoms with Crippen LogP contribution in [-0.2, 0) is 11.2 Å². The van der Waals surface area contributed by atoms with Crippen molar-refractivity contribution in [3.05, 3.63) is 59.7 Å². The number of piperidine rings is 1. The fourth-order valence-electron chi connectivity index (χ4n) is 4.58. The smallest absolute Gasteiger partial charge is 0.316 e. The molecule has 5 rings (SSSR count). The van der Waals surface area contributed by atoms with Gasteiger partial charge in [0, 0.05) is 51.5 Å². The molecule has 2 saturated heterocycles. The number of oxazole rings is 1. The van der Waals surface area contributed by atoms with Crippen molar-refractivity contribution < 1.29 is 23.5 Å². The number of aromatic nitrogens is 3. The van der Waals surface area contributed by atoms with Gasteiger partial charge in [0.1, 0.15) is 12.4 Å². The van der Waals surface area contributed by atoms with Gasteiger partial charge in [-0.2, -0.15) is 4.98 Å². The second-order valence-electron chi connectivity index (χ2n) is 9.38. The van der Waals surface area contributed by atoms with Crippen LogP contribution in [0.15, 0.2) is 47.3 Å². The van der Waals surface area contributed by atoms with Gasteiger partial charge in [-0.05, 0) is 43.0 Å². The van der Waals surface area contributed by atoms with Gasteiger partial charge >= 0.3 is 6.01 Å². The molecule has 0 saturated carbocycles. The van der Waals surface area contributed by atoms with Gasteiger partial charge in [0.2, 0.25) is 0 Å². The van der Waals surface area contributed by atoms with Gasteiger partial charge in [-0.15, -0.1) is 0 Å². The maximum Gasteiger partial charge on any atom is 0.316 e. The molecule has 11 heteroatoms. The molecule has 1 aromatic carbocycles. The van der Waals surface area contributed by atoms with E-state index >= 15 is 0 Å². The summed E-state index contributed by atoms with van der Waals surface area (Å²) in [5, 5.41) is 5.78. The SMILES string of the molecule is CCc1ccc(C(=O)NC[C@@H]2CCCO2)c(NC(=O)c2coc(N3CCC(Oc4ncccn4)CC3)n2)c1. The summed E-state index contributed by atoms with van der Waals surface area (Å²) < 4.78 is 17.1. The molecule has 38 heavy (non-hydrogen) atoms. The number of amides is 2. The Morgan fingerprint density at radius 3 is 2.68 bits per heavy atom. The van der Waals surface area contributed by atoms with Crippen LogP contribution in [0.4, 0.5) is 11.7 Å². The van der Waals surface area contributed by atoms with E-state index in [1.807, 2.05) is 24.0 Å². The zero-order chi connectivity index (χ0) is 26.3. The van der Waals surface area contributed by atoms with Crippen molar-refractivity contribution in [2.45, 2.75) is 51.2 Å². The minimum absolute atomic E-state index is 0.00187. The van der Waals surface area contributed by atoms with Gasteiger partial charge in [0.05, 0.1) is 17.4 Å². The molecule has 11 nitrogen and oxygen atoms in total. The summed E-state index contributed by atoms with van der Waals surface area (Å²) in [5.74, 6) is -0.703. The minimum Gasteiger partial charge on any atom is -0.460 e. The Hall–Kier alpha value is -3.99. The van der Waals surface area contributed by atoms with Crippen molar-refractivity contribution in [3.8, 4) is 6.01 Å². The van der Waals surface area contributed by atoms with Crippen LogP contribution in [0.2, 0.25) is 0 Å². The number of nitrogens with zero attached hydrogens (tertiary/aromatic N) is 4. The van der Waals surface area contributed by atoms with Crippen LogP contribution in [-0.4, -0.2) is 65.2 Å². The summed E-state index contributed by atoms with van der Waals surface area (Å²) in [6.45, 7) is 4.50. The number of carbonyl (C=O) groups excluding carboxylic acids is 2. The van der Waals surface area contributed by atoms with Crippen molar-refractivity contribution in [1.82, 2.24) is 20.3 Å². The first-order chi connectivity index (χ1) is 18.6. The molecule has 2 aliphatic heterocycles. The standard InChI is InChI=1S/C27H32N6O5/c1-2-18-6-7-21(24(34)30-16-20-5-3-14-36-20)22(15-18)31-25(35)23-17-37-27(32-23)33-12-8-19(9-13-33)38-26-28-10-4-11-29-26/h4,6-7,10-11,15,17,19-20H,2-3,5,8-9,12-14,16H2,1H3,(H,30,34)(H,31,35)/t20-/m0/s1. The normalized spacial score (nSPS) is 17.8. The molecule has 4 heterocycles. The molecule has 0 aliphatic carbocycles. The van der Waals surface area contributed by atoms with E-state index in [-0.39, 0.29) is 23.8 Å². The predicted octanol–water partition coefficient (Wildman–Crippen LogP) is 3.24. The third kappa shape index (κ3) is 6.28. The number of ether oxygens (including phenoxy) is 2. The molecule has 0 radical (unpaired) electrons. The number of benzene rings is 1. The first-order valence-corrected chi connectivity index (χ1v) is 13.1. The maximum absolute atomic E-state index is 13.1. The fraction of sp³-hybridized carbons (Fsp3) is 0.444. The highest BCUT2D eigenvalue weighted by Crippen LogP contribution is 2.24. The average molecular weight is 521 g/mol. The summed E-state index contributed by atoms with van der Waals surface area (Å²) in [4.78, 5) is 40.6. The largest absolute Gasteiger partial charge is 0.460 e. The van der Waals surface area contributed by atoms with E-state index in [9.17, 15) is 9.59 Å². The highest BCUT2D eigenvalue weighted by atomic mass is 16.5. The van der Waals surface area contributed by atoms with Crippen LogP contribution in [0, 0.1) is 0 Å². The number of hydrogen-bond acceptors (Lipinski definition) is 9. The summed E-state index contributed by atoms with van der Waals surface area (Å²) in [6.07, 6.45) is 8.86. The van der Waals surface area contributed by atoms with Crippen LogP contribution < -0.4 is 20.3 Å². The molecule has 2 amide bonds. The number of hydrogen-bond donors (Lipinski definition) is 2. The number of carbonyl (C=O) groups is 2. The molecule has 3 aromatic rings. The number of aryl methyl sites for hydroxylation is 1. The van der Waals surface area contributed by atoms with Crippen LogP contribution in [0.1, 0.15) is 59.0 Å². The maximum atomic E-state index is 13.1. The Labute approximate surface area is 221 Å². The number of rotatable bonds is 9. The second-order valence-corrected chi connectivity index (χ2v) is 9.38. The first-order valence-electron chi connectivity index (χ1n) is 13.1. The monoisotopic (exact) mass is 520 g/mol. The highest BCUT2D eigenvalue weighted by Gasteiger charge is 2.26.